The molecule has 1 rings (SSSR count). The molecule has 0 bridgehead atoms. The molecular weight excluding hydrogens is 328 g/mol. The van der Waals surface area contributed by atoms with Crippen LogP contribution in [0.15, 0.2) is 26.0 Å². The van der Waals surface area contributed by atoms with Gasteiger partial charge in [0.1, 0.15) is 10.6 Å². The number of rotatable bonds is 1. The monoisotopic (exact) mass is 330 g/mol. The zero-order valence-electron chi connectivity index (χ0n) is 6.03. The molecule has 0 unspecified atom stereocenters. The van der Waals surface area contributed by atoms with Gasteiger partial charge < -0.3 is 5.11 Å². The largest absolute Gasteiger partial charge is 0.507 e. The lowest BCUT2D eigenvalue weighted by atomic mass is 10.3. The van der Waals surface area contributed by atoms with E-state index >= 15 is 0 Å². The summed E-state index contributed by atoms with van der Waals surface area (Å²) in [5.74, 6) is -0.112. The minimum absolute atomic E-state index is 0.0926. The zero-order chi connectivity index (χ0) is 10.2. The van der Waals surface area contributed by atoms with E-state index in [9.17, 15) is 8.42 Å². The molecule has 0 saturated carbocycles. The smallest absolute Gasteiger partial charge is 0.295 e. The van der Waals surface area contributed by atoms with Crippen LogP contribution in [0.5, 0.6) is 5.75 Å². The molecule has 0 spiro atoms. The lowest BCUT2D eigenvalue weighted by Crippen LogP contribution is -1.99. The van der Waals surface area contributed by atoms with Crippen LogP contribution in [0.4, 0.5) is 0 Å². The maximum atomic E-state index is 10.7. The van der Waals surface area contributed by atoms with Crippen molar-refractivity contribution >= 4 is 42.0 Å². The van der Waals surface area contributed by atoms with Crippen LogP contribution in [0.2, 0.25) is 0 Å². The molecular formula is C6H4Br2O4S. The summed E-state index contributed by atoms with van der Waals surface area (Å²) in [5.41, 5.74) is 0. The summed E-state index contributed by atoms with van der Waals surface area (Å²) in [7, 11) is -4.26. The Labute approximate surface area is 91.6 Å². The first-order valence-corrected chi connectivity index (χ1v) is 6.01. The SMILES string of the molecule is O=S(=O)(O)c1ccc(O)c(Br)c1Br. The minimum atomic E-state index is -4.26. The molecule has 0 fully saturated rings. The number of phenols is 1. The van der Waals surface area contributed by atoms with Gasteiger partial charge in [-0.25, -0.2) is 0 Å². The van der Waals surface area contributed by atoms with Crippen LogP contribution in [-0.4, -0.2) is 18.1 Å². The second-order valence-corrected chi connectivity index (χ2v) is 5.16. The highest BCUT2D eigenvalue weighted by Crippen LogP contribution is 2.36. The molecule has 2 N–H and O–H groups in total. The summed E-state index contributed by atoms with van der Waals surface area (Å²) in [5, 5.41) is 9.14. The summed E-state index contributed by atoms with van der Waals surface area (Å²) in [4.78, 5) is -0.294. The van der Waals surface area contributed by atoms with Crippen molar-refractivity contribution in [2.24, 2.45) is 0 Å². The van der Waals surface area contributed by atoms with Crippen LogP contribution >= 0.6 is 31.9 Å². The molecule has 4 nitrogen and oxygen atoms in total. The Kier molecular flexibility index (Phi) is 3.01. The normalized spacial score (nSPS) is 11.6. The Balaban J connectivity index is 3.53. The van der Waals surface area contributed by atoms with Crippen molar-refractivity contribution in [3.05, 3.63) is 21.1 Å². The Bertz CT molecular complexity index is 440. The quantitative estimate of drug-likeness (QED) is 0.773. The van der Waals surface area contributed by atoms with Crippen LogP contribution in [-0.2, 0) is 10.1 Å². The average Bonchev–Trinajstić information content (AvgIpc) is 1.98. The molecule has 0 aliphatic heterocycles. The molecule has 0 aliphatic rings. The molecule has 0 aliphatic carbocycles. The fourth-order valence-corrected chi connectivity index (χ4v) is 2.72. The minimum Gasteiger partial charge on any atom is -0.507 e. The van der Waals surface area contributed by atoms with E-state index in [4.69, 9.17) is 9.66 Å². The average molecular weight is 332 g/mol. The van der Waals surface area contributed by atoms with Crippen LogP contribution in [0, 0.1) is 0 Å². The van der Waals surface area contributed by atoms with Gasteiger partial charge in [0.05, 0.1) is 8.95 Å². The van der Waals surface area contributed by atoms with Crippen molar-refractivity contribution in [2.45, 2.75) is 4.90 Å². The van der Waals surface area contributed by atoms with E-state index < -0.39 is 10.1 Å². The van der Waals surface area contributed by atoms with Gasteiger partial charge in [-0.3, -0.25) is 4.55 Å². The Morgan fingerprint density at radius 2 is 1.69 bits per heavy atom. The van der Waals surface area contributed by atoms with Crippen LogP contribution in [0.3, 0.4) is 0 Å². The van der Waals surface area contributed by atoms with E-state index in [-0.39, 0.29) is 19.6 Å². The Hall–Kier alpha value is -0.110. The number of benzene rings is 1. The number of phenolic OH excluding ortho intramolecular Hbond substituents is 1. The number of halogens is 2. The van der Waals surface area contributed by atoms with E-state index in [1.165, 1.54) is 0 Å². The summed E-state index contributed by atoms with van der Waals surface area (Å²) >= 11 is 5.87. The molecule has 0 radical (unpaired) electrons. The summed E-state index contributed by atoms with van der Waals surface area (Å²) in [6, 6.07) is 2.26. The first-order chi connectivity index (χ1) is 5.84. The summed E-state index contributed by atoms with van der Waals surface area (Å²) in [6.45, 7) is 0. The highest BCUT2D eigenvalue weighted by molar-refractivity contribution is 9.13. The lowest BCUT2D eigenvalue weighted by molar-refractivity contribution is 0.468. The van der Waals surface area contributed by atoms with Gasteiger partial charge in [0.2, 0.25) is 0 Å². The highest BCUT2D eigenvalue weighted by Gasteiger charge is 2.17. The van der Waals surface area contributed by atoms with E-state index in [0.29, 0.717) is 0 Å². The van der Waals surface area contributed by atoms with Crippen molar-refractivity contribution in [1.82, 2.24) is 0 Å². The predicted octanol–water partition coefficient (Wildman–Crippen LogP) is 2.16. The number of hydrogen-bond acceptors (Lipinski definition) is 3. The van der Waals surface area contributed by atoms with E-state index in [2.05, 4.69) is 31.9 Å². The van der Waals surface area contributed by atoms with Crippen LogP contribution in [0.25, 0.3) is 0 Å². The van der Waals surface area contributed by atoms with Gasteiger partial charge in [-0.2, -0.15) is 8.42 Å². The van der Waals surface area contributed by atoms with Gasteiger partial charge in [0.15, 0.2) is 0 Å². The van der Waals surface area contributed by atoms with E-state index in [1.54, 1.807) is 0 Å². The third-order valence-electron chi connectivity index (χ3n) is 1.30. The Morgan fingerprint density at radius 1 is 1.15 bits per heavy atom. The molecule has 0 atom stereocenters. The maximum Gasteiger partial charge on any atom is 0.295 e. The van der Waals surface area contributed by atoms with Crippen molar-refractivity contribution < 1.29 is 18.1 Å². The molecule has 1 aromatic rings. The van der Waals surface area contributed by atoms with E-state index in [0.717, 1.165) is 12.1 Å². The van der Waals surface area contributed by atoms with Gasteiger partial charge in [0.25, 0.3) is 10.1 Å². The third-order valence-corrected chi connectivity index (χ3v) is 4.62. The van der Waals surface area contributed by atoms with Crippen molar-refractivity contribution in [1.29, 1.82) is 0 Å². The molecule has 7 heteroatoms. The van der Waals surface area contributed by atoms with Gasteiger partial charge in [-0.15, -0.1) is 0 Å². The third kappa shape index (κ3) is 2.22. The first kappa shape index (κ1) is 11.0. The van der Waals surface area contributed by atoms with Gasteiger partial charge >= 0.3 is 0 Å². The predicted molar refractivity (Wildman–Crippen MR) is 53.3 cm³/mol. The second kappa shape index (κ2) is 3.56. The first-order valence-electron chi connectivity index (χ1n) is 2.98. The van der Waals surface area contributed by atoms with Gasteiger partial charge in [0, 0.05) is 0 Å². The van der Waals surface area contributed by atoms with Crippen molar-refractivity contribution in [2.75, 3.05) is 0 Å². The number of aromatic hydroxyl groups is 1. The van der Waals surface area contributed by atoms with Gasteiger partial charge in [-0.1, -0.05) is 0 Å². The van der Waals surface area contributed by atoms with Crippen molar-refractivity contribution in [3.63, 3.8) is 0 Å². The Morgan fingerprint density at radius 3 is 2.15 bits per heavy atom. The standard InChI is InChI=1S/C6H4Br2O4S/c7-5-3(9)1-2-4(6(5)8)13(10,11)12/h1-2,9H,(H,10,11,12). The molecule has 0 saturated heterocycles. The molecule has 72 valence electrons. The lowest BCUT2D eigenvalue weighted by Gasteiger charge is -2.04. The van der Waals surface area contributed by atoms with Crippen molar-refractivity contribution in [3.8, 4) is 5.75 Å². The summed E-state index contributed by atoms with van der Waals surface area (Å²) in [6.07, 6.45) is 0. The second-order valence-electron chi connectivity index (χ2n) is 2.19. The van der Waals surface area contributed by atoms with E-state index in [1.807, 2.05) is 0 Å². The molecule has 0 amide bonds. The van der Waals surface area contributed by atoms with Crippen LogP contribution < -0.4 is 0 Å². The molecule has 13 heavy (non-hydrogen) atoms. The topological polar surface area (TPSA) is 74.6 Å². The molecule has 0 aromatic heterocycles. The zero-order valence-corrected chi connectivity index (χ0v) is 10.0. The fourth-order valence-electron chi connectivity index (χ4n) is 0.721. The maximum absolute atomic E-state index is 10.7. The van der Waals surface area contributed by atoms with Crippen LogP contribution in [0.1, 0.15) is 0 Å². The number of hydrogen-bond donors (Lipinski definition) is 2. The highest BCUT2D eigenvalue weighted by atomic mass is 79.9. The summed E-state index contributed by atoms with van der Waals surface area (Å²) < 4.78 is 30.5. The molecule has 1 aromatic carbocycles. The fraction of sp³-hybridized carbons (Fsp3) is 0. The molecule has 0 heterocycles. The van der Waals surface area contributed by atoms with Gasteiger partial charge in [-0.05, 0) is 44.0 Å².